The Bertz CT molecular complexity index is 661. The minimum Gasteiger partial charge on any atom is -0.334 e. The normalized spacial score (nSPS) is 15.2. The summed E-state index contributed by atoms with van der Waals surface area (Å²) in [5.41, 5.74) is 9.21. The maximum Gasteiger partial charge on any atom is 0.317 e. The number of piperidine rings is 1. The van der Waals surface area contributed by atoms with E-state index in [2.05, 4.69) is 35.6 Å². The van der Waals surface area contributed by atoms with Gasteiger partial charge in [0.2, 0.25) is 0 Å². The summed E-state index contributed by atoms with van der Waals surface area (Å²) in [5.74, 6) is 0.676. The standard InChI is InChI=1S/C21H27N3O/c22-15-19-6-8-20(9-7-19)16-23-21(25)24-12-10-18(11-13-24)14-17-4-2-1-3-5-17/h1-9,18H,10-16,22H2,(H,23,25). The van der Waals surface area contributed by atoms with E-state index in [1.807, 2.05) is 29.2 Å². The number of urea groups is 1. The van der Waals surface area contributed by atoms with Crippen molar-refractivity contribution in [3.63, 3.8) is 0 Å². The van der Waals surface area contributed by atoms with E-state index >= 15 is 0 Å². The highest BCUT2D eigenvalue weighted by molar-refractivity contribution is 5.74. The molecule has 4 nitrogen and oxygen atoms in total. The molecule has 25 heavy (non-hydrogen) atoms. The number of rotatable bonds is 5. The van der Waals surface area contributed by atoms with E-state index in [0.29, 0.717) is 19.0 Å². The average Bonchev–Trinajstić information content (AvgIpc) is 2.68. The third kappa shape index (κ3) is 5.07. The Kier molecular flexibility index (Phi) is 6.07. The van der Waals surface area contributed by atoms with Crippen molar-refractivity contribution in [3.05, 3.63) is 71.3 Å². The number of carbonyl (C=O) groups is 1. The van der Waals surface area contributed by atoms with Gasteiger partial charge in [-0.2, -0.15) is 0 Å². The molecule has 0 aromatic heterocycles. The van der Waals surface area contributed by atoms with Crippen LogP contribution in [0.25, 0.3) is 0 Å². The third-order valence-corrected chi connectivity index (χ3v) is 4.97. The van der Waals surface area contributed by atoms with Gasteiger partial charge in [0.1, 0.15) is 0 Å². The molecule has 0 bridgehead atoms. The van der Waals surface area contributed by atoms with Crippen molar-refractivity contribution >= 4 is 6.03 Å². The van der Waals surface area contributed by atoms with Crippen LogP contribution >= 0.6 is 0 Å². The minimum atomic E-state index is 0.0427. The fourth-order valence-corrected chi connectivity index (χ4v) is 3.37. The Morgan fingerprint density at radius 2 is 1.60 bits per heavy atom. The molecule has 0 unspecified atom stereocenters. The Hall–Kier alpha value is -2.33. The second kappa shape index (κ2) is 8.67. The summed E-state index contributed by atoms with van der Waals surface area (Å²) in [6.45, 7) is 2.79. The van der Waals surface area contributed by atoms with Crippen molar-refractivity contribution in [2.45, 2.75) is 32.4 Å². The zero-order valence-electron chi connectivity index (χ0n) is 14.7. The molecular formula is C21H27N3O. The molecule has 132 valence electrons. The molecule has 2 aromatic carbocycles. The van der Waals surface area contributed by atoms with Crippen LogP contribution in [0.3, 0.4) is 0 Å². The van der Waals surface area contributed by atoms with Gasteiger partial charge in [-0.1, -0.05) is 54.6 Å². The molecular weight excluding hydrogens is 310 g/mol. The summed E-state index contributed by atoms with van der Waals surface area (Å²) >= 11 is 0. The minimum absolute atomic E-state index is 0.0427. The first-order chi connectivity index (χ1) is 12.2. The zero-order chi connectivity index (χ0) is 17.5. The molecule has 3 rings (SSSR count). The van der Waals surface area contributed by atoms with E-state index < -0.39 is 0 Å². The summed E-state index contributed by atoms with van der Waals surface area (Å²) in [7, 11) is 0. The highest BCUT2D eigenvalue weighted by Gasteiger charge is 2.22. The summed E-state index contributed by atoms with van der Waals surface area (Å²) in [4.78, 5) is 14.3. The van der Waals surface area contributed by atoms with E-state index in [1.54, 1.807) is 0 Å². The molecule has 0 aliphatic carbocycles. The SMILES string of the molecule is NCc1ccc(CNC(=O)N2CCC(Cc3ccccc3)CC2)cc1. The predicted octanol–water partition coefficient (Wildman–Crippen LogP) is 3.31. The van der Waals surface area contributed by atoms with Gasteiger partial charge in [-0.25, -0.2) is 4.79 Å². The number of hydrogen-bond acceptors (Lipinski definition) is 2. The largest absolute Gasteiger partial charge is 0.334 e. The van der Waals surface area contributed by atoms with E-state index in [-0.39, 0.29) is 6.03 Å². The van der Waals surface area contributed by atoms with Crippen LogP contribution in [0.15, 0.2) is 54.6 Å². The lowest BCUT2D eigenvalue weighted by Gasteiger charge is -2.32. The monoisotopic (exact) mass is 337 g/mol. The predicted molar refractivity (Wildman–Crippen MR) is 101 cm³/mol. The Labute approximate surface area is 150 Å². The number of carbonyl (C=O) groups excluding carboxylic acids is 1. The van der Waals surface area contributed by atoms with Crippen molar-refractivity contribution in [3.8, 4) is 0 Å². The smallest absolute Gasteiger partial charge is 0.317 e. The number of hydrogen-bond donors (Lipinski definition) is 2. The summed E-state index contributed by atoms with van der Waals surface area (Å²) in [6, 6.07) is 18.7. The van der Waals surface area contributed by atoms with Crippen LogP contribution in [0.4, 0.5) is 4.79 Å². The zero-order valence-corrected chi connectivity index (χ0v) is 14.7. The number of nitrogens with two attached hydrogens (primary N) is 1. The fraction of sp³-hybridized carbons (Fsp3) is 0.381. The van der Waals surface area contributed by atoms with Gasteiger partial charge in [-0.15, -0.1) is 0 Å². The Morgan fingerprint density at radius 3 is 2.24 bits per heavy atom. The van der Waals surface area contributed by atoms with Crippen LogP contribution in [-0.2, 0) is 19.5 Å². The Balaban J connectivity index is 1.41. The molecule has 0 radical (unpaired) electrons. The highest BCUT2D eigenvalue weighted by atomic mass is 16.2. The van der Waals surface area contributed by atoms with E-state index in [1.165, 1.54) is 5.56 Å². The maximum absolute atomic E-state index is 12.4. The number of nitrogens with zero attached hydrogens (tertiary/aromatic N) is 1. The van der Waals surface area contributed by atoms with Crippen LogP contribution in [-0.4, -0.2) is 24.0 Å². The molecule has 1 saturated heterocycles. The van der Waals surface area contributed by atoms with E-state index in [4.69, 9.17) is 5.73 Å². The third-order valence-electron chi connectivity index (χ3n) is 4.97. The molecule has 1 aliphatic rings. The van der Waals surface area contributed by atoms with E-state index in [9.17, 15) is 4.79 Å². The highest BCUT2D eigenvalue weighted by Crippen LogP contribution is 2.21. The molecule has 0 saturated carbocycles. The molecule has 3 N–H and O–H groups in total. The fourth-order valence-electron chi connectivity index (χ4n) is 3.37. The van der Waals surface area contributed by atoms with Crippen molar-refractivity contribution in [2.75, 3.05) is 13.1 Å². The number of nitrogens with one attached hydrogen (secondary N) is 1. The van der Waals surface area contributed by atoms with Crippen molar-refractivity contribution in [2.24, 2.45) is 11.7 Å². The Morgan fingerprint density at radius 1 is 0.960 bits per heavy atom. The first-order valence-electron chi connectivity index (χ1n) is 9.09. The summed E-state index contributed by atoms with van der Waals surface area (Å²) in [6.07, 6.45) is 3.27. The van der Waals surface area contributed by atoms with Gasteiger partial charge in [0.05, 0.1) is 0 Å². The summed E-state index contributed by atoms with van der Waals surface area (Å²) in [5, 5.41) is 3.03. The molecule has 4 heteroatoms. The van der Waals surface area contributed by atoms with Crippen LogP contribution < -0.4 is 11.1 Å². The summed E-state index contributed by atoms with van der Waals surface area (Å²) < 4.78 is 0. The molecule has 2 aromatic rings. The van der Waals surface area contributed by atoms with Gasteiger partial charge in [0.25, 0.3) is 0 Å². The van der Waals surface area contributed by atoms with Crippen LogP contribution in [0.1, 0.15) is 29.5 Å². The molecule has 0 atom stereocenters. The first-order valence-corrected chi connectivity index (χ1v) is 9.09. The molecule has 2 amide bonds. The maximum atomic E-state index is 12.4. The number of amides is 2. The lowest BCUT2D eigenvalue weighted by Crippen LogP contribution is -2.44. The molecule has 1 fully saturated rings. The van der Waals surface area contributed by atoms with Crippen LogP contribution in [0.5, 0.6) is 0 Å². The van der Waals surface area contributed by atoms with E-state index in [0.717, 1.165) is 43.5 Å². The topological polar surface area (TPSA) is 58.4 Å². The van der Waals surface area contributed by atoms with Crippen molar-refractivity contribution in [1.29, 1.82) is 0 Å². The molecule has 1 heterocycles. The molecule has 0 spiro atoms. The van der Waals surface area contributed by atoms with Gasteiger partial charge in [0, 0.05) is 26.2 Å². The number of likely N-dealkylation sites (tertiary alicyclic amines) is 1. The lowest BCUT2D eigenvalue weighted by molar-refractivity contribution is 0.170. The van der Waals surface area contributed by atoms with Gasteiger partial charge >= 0.3 is 6.03 Å². The van der Waals surface area contributed by atoms with Gasteiger partial charge < -0.3 is 16.0 Å². The van der Waals surface area contributed by atoms with Crippen LogP contribution in [0, 0.1) is 5.92 Å². The van der Waals surface area contributed by atoms with Gasteiger partial charge in [-0.3, -0.25) is 0 Å². The second-order valence-corrected chi connectivity index (χ2v) is 6.80. The number of benzene rings is 2. The average molecular weight is 337 g/mol. The van der Waals surface area contributed by atoms with Crippen molar-refractivity contribution < 1.29 is 4.79 Å². The van der Waals surface area contributed by atoms with Gasteiger partial charge in [0.15, 0.2) is 0 Å². The second-order valence-electron chi connectivity index (χ2n) is 6.80. The lowest BCUT2D eigenvalue weighted by atomic mass is 9.90. The van der Waals surface area contributed by atoms with Gasteiger partial charge in [-0.05, 0) is 41.9 Å². The van der Waals surface area contributed by atoms with Crippen molar-refractivity contribution in [1.82, 2.24) is 10.2 Å². The quantitative estimate of drug-likeness (QED) is 0.879. The first kappa shape index (κ1) is 17.5. The molecule has 1 aliphatic heterocycles. The van der Waals surface area contributed by atoms with Crippen LogP contribution in [0.2, 0.25) is 0 Å².